The molecule has 2 rings (SSSR count). The van der Waals surface area contributed by atoms with Gasteiger partial charge in [0.2, 0.25) is 0 Å². The van der Waals surface area contributed by atoms with E-state index in [0.717, 1.165) is 16.1 Å². The number of alkyl halides is 3. The number of halogens is 4. The van der Waals surface area contributed by atoms with Crippen LogP contribution in [-0.2, 0) is 6.18 Å². The Kier molecular flexibility index (Phi) is 3.24. The predicted octanol–water partition coefficient (Wildman–Crippen LogP) is 4.94. The van der Waals surface area contributed by atoms with Gasteiger partial charge in [-0.25, -0.2) is 0 Å². The molecular formula is C13H7BrF3. The van der Waals surface area contributed by atoms with Gasteiger partial charge in [0.25, 0.3) is 0 Å². The molecule has 0 atom stereocenters. The summed E-state index contributed by atoms with van der Waals surface area (Å²) in [4.78, 5) is 0. The average molecular weight is 300 g/mol. The lowest BCUT2D eigenvalue weighted by Gasteiger charge is -2.08. The van der Waals surface area contributed by atoms with Gasteiger partial charge in [-0.05, 0) is 35.4 Å². The first-order valence-corrected chi connectivity index (χ1v) is 5.61. The zero-order valence-electron chi connectivity index (χ0n) is 8.55. The third-order valence-corrected chi connectivity index (χ3v) is 2.81. The third-order valence-electron chi connectivity index (χ3n) is 2.28. The Labute approximate surface area is 105 Å². The summed E-state index contributed by atoms with van der Waals surface area (Å²) in [5, 5.41) is 0. The Morgan fingerprint density at radius 1 is 0.941 bits per heavy atom. The van der Waals surface area contributed by atoms with Gasteiger partial charge in [0.05, 0.1) is 5.56 Å². The maximum atomic E-state index is 12.5. The summed E-state index contributed by atoms with van der Waals surface area (Å²) in [7, 11) is 0. The van der Waals surface area contributed by atoms with Gasteiger partial charge in [-0.3, -0.25) is 0 Å². The van der Waals surface area contributed by atoms with E-state index in [1.807, 2.05) is 0 Å². The van der Waals surface area contributed by atoms with Crippen molar-refractivity contribution in [2.24, 2.45) is 0 Å². The van der Waals surface area contributed by atoms with E-state index in [2.05, 4.69) is 22.0 Å². The number of hydrogen-bond acceptors (Lipinski definition) is 0. The van der Waals surface area contributed by atoms with Crippen molar-refractivity contribution in [3.8, 4) is 11.1 Å². The van der Waals surface area contributed by atoms with Gasteiger partial charge in [0.15, 0.2) is 0 Å². The van der Waals surface area contributed by atoms with Crippen LogP contribution in [0.25, 0.3) is 11.1 Å². The Morgan fingerprint density at radius 3 is 2.18 bits per heavy atom. The molecule has 0 bridgehead atoms. The smallest absolute Gasteiger partial charge is 0.166 e. The van der Waals surface area contributed by atoms with Crippen LogP contribution in [0, 0.1) is 6.07 Å². The standard InChI is InChI=1S/C13H7BrF3/c14-12-6-4-9(5-7-12)10-2-1-3-11(8-10)13(15,16)17/h1-2,4-8H. The highest BCUT2D eigenvalue weighted by Crippen LogP contribution is 2.32. The number of hydrogen-bond donors (Lipinski definition) is 0. The van der Waals surface area contributed by atoms with Crippen molar-refractivity contribution in [1.82, 2.24) is 0 Å². The van der Waals surface area contributed by atoms with Crippen LogP contribution in [-0.4, -0.2) is 0 Å². The van der Waals surface area contributed by atoms with Crippen molar-refractivity contribution in [3.05, 3.63) is 58.6 Å². The normalized spacial score (nSPS) is 11.5. The molecule has 87 valence electrons. The molecule has 0 amide bonds. The molecule has 0 aliphatic carbocycles. The van der Waals surface area contributed by atoms with E-state index in [9.17, 15) is 13.2 Å². The van der Waals surface area contributed by atoms with Crippen molar-refractivity contribution in [3.63, 3.8) is 0 Å². The first-order chi connectivity index (χ1) is 7.97. The van der Waals surface area contributed by atoms with Gasteiger partial charge in [-0.2, -0.15) is 13.2 Å². The molecule has 2 aromatic rings. The molecule has 0 saturated carbocycles. The Bertz CT molecular complexity index is 515. The molecule has 0 nitrogen and oxygen atoms in total. The molecule has 0 aromatic heterocycles. The van der Waals surface area contributed by atoms with E-state index in [0.29, 0.717) is 5.56 Å². The maximum Gasteiger partial charge on any atom is 0.417 e. The first kappa shape index (κ1) is 12.2. The molecule has 0 N–H and O–H groups in total. The van der Waals surface area contributed by atoms with Gasteiger partial charge >= 0.3 is 6.18 Å². The largest absolute Gasteiger partial charge is 0.417 e. The van der Waals surface area contributed by atoms with E-state index >= 15 is 0 Å². The predicted molar refractivity (Wildman–Crippen MR) is 63.4 cm³/mol. The van der Waals surface area contributed by atoms with Crippen molar-refractivity contribution in [2.75, 3.05) is 0 Å². The molecule has 0 spiro atoms. The molecule has 0 unspecified atom stereocenters. The summed E-state index contributed by atoms with van der Waals surface area (Å²) in [6.07, 6.45) is -4.36. The second-order valence-corrected chi connectivity index (χ2v) is 4.41. The fourth-order valence-electron chi connectivity index (χ4n) is 1.45. The van der Waals surface area contributed by atoms with Crippen LogP contribution in [0.2, 0.25) is 0 Å². The van der Waals surface area contributed by atoms with Crippen LogP contribution in [0.15, 0.2) is 46.9 Å². The van der Waals surface area contributed by atoms with Crippen LogP contribution in [0.4, 0.5) is 13.2 Å². The SMILES string of the molecule is FC(F)(F)c1[c]ccc(-c2ccc(Br)cc2)c1. The van der Waals surface area contributed by atoms with Gasteiger partial charge in [-0.15, -0.1) is 0 Å². The molecule has 0 heterocycles. The average Bonchev–Trinajstić information content (AvgIpc) is 2.29. The first-order valence-electron chi connectivity index (χ1n) is 4.82. The van der Waals surface area contributed by atoms with Crippen LogP contribution < -0.4 is 0 Å². The Hall–Kier alpha value is -1.29. The van der Waals surface area contributed by atoms with E-state index in [4.69, 9.17) is 0 Å². The van der Waals surface area contributed by atoms with Crippen LogP contribution >= 0.6 is 15.9 Å². The maximum absolute atomic E-state index is 12.5. The fraction of sp³-hybridized carbons (Fsp3) is 0.0769. The second kappa shape index (κ2) is 4.53. The lowest BCUT2D eigenvalue weighted by atomic mass is 10.0. The number of rotatable bonds is 1. The quantitative estimate of drug-likeness (QED) is 0.700. The Morgan fingerprint density at radius 2 is 1.59 bits per heavy atom. The summed E-state index contributed by atoms with van der Waals surface area (Å²) < 4.78 is 38.4. The van der Waals surface area contributed by atoms with Gasteiger partial charge < -0.3 is 0 Å². The van der Waals surface area contributed by atoms with Crippen molar-refractivity contribution in [2.45, 2.75) is 6.18 Å². The monoisotopic (exact) mass is 299 g/mol. The molecule has 4 heteroatoms. The molecule has 0 aliphatic rings. The van der Waals surface area contributed by atoms with E-state index in [1.54, 1.807) is 30.3 Å². The van der Waals surface area contributed by atoms with Crippen molar-refractivity contribution < 1.29 is 13.2 Å². The van der Waals surface area contributed by atoms with E-state index in [1.165, 1.54) is 6.07 Å². The van der Waals surface area contributed by atoms with Crippen LogP contribution in [0.1, 0.15) is 5.56 Å². The minimum absolute atomic E-state index is 0.531. The summed E-state index contributed by atoms with van der Waals surface area (Å²) in [5.41, 5.74) is 0.522. The zero-order valence-corrected chi connectivity index (χ0v) is 10.1. The van der Waals surface area contributed by atoms with Gasteiger partial charge in [0.1, 0.15) is 0 Å². The zero-order chi connectivity index (χ0) is 12.5. The lowest BCUT2D eigenvalue weighted by molar-refractivity contribution is -0.137. The third kappa shape index (κ3) is 2.88. The number of benzene rings is 2. The van der Waals surface area contributed by atoms with Crippen molar-refractivity contribution >= 4 is 15.9 Å². The summed E-state index contributed by atoms with van der Waals surface area (Å²) in [6.45, 7) is 0. The van der Waals surface area contributed by atoms with E-state index in [-0.39, 0.29) is 0 Å². The summed E-state index contributed by atoms with van der Waals surface area (Å²) in [5.74, 6) is 0. The highest BCUT2D eigenvalue weighted by Gasteiger charge is 2.30. The Balaban J connectivity index is 2.43. The molecule has 1 radical (unpaired) electrons. The fourth-order valence-corrected chi connectivity index (χ4v) is 1.72. The molecular weight excluding hydrogens is 293 g/mol. The van der Waals surface area contributed by atoms with Crippen LogP contribution in [0.5, 0.6) is 0 Å². The van der Waals surface area contributed by atoms with Crippen molar-refractivity contribution in [1.29, 1.82) is 0 Å². The molecule has 17 heavy (non-hydrogen) atoms. The van der Waals surface area contributed by atoms with Gasteiger partial charge in [0, 0.05) is 4.47 Å². The molecule has 0 aliphatic heterocycles. The minimum Gasteiger partial charge on any atom is -0.166 e. The highest BCUT2D eigenvalue weighted by molar-refractivity contribution is 9.10. The highest BCUT2D eigenvalue weighted by atomic mass is 79.9. The molecule has 2 aromatic carbocycles. The lowest BCUT2D eigenvalue weighted by Crippen LogP contribution is -2.04. The topological polar surface area (TPSA) is 0 Å². The van der Waals surface area contributed by atoms with Crippen LogP contribution in [0.3, 0.4) is 0 Å². The van der Waals surface area contributed by atoms with Gasteiger partial charge in [-0.1, -0.05) is 40.2 Å². The summed E-state index contributed by atoms with van der Waals surface area (Å²) >= 11 is 3.28. The van der Waals surface area contributed by atoms with E-state index < -0.39 is 11.7 Å². The second-order valence-electron chi connectivity index (χ2n) is 3.50. The minimum atomic E-state index is -4.36. The summed E-state index contributed by atoms with van der Waals surface area (Å²) in [6, 6.07) is 13.3. The molecule has 0 saturated heterocycles. The molecule has 0 fully saturated rings.